The zero-order valence-corrected chi connectivity index (χ0v) is 17.8. The number of benzene rings is 2. The second-order valence-corrected chi connectivity index (χ2v) is 9.69. The number of anilines is 1. The number of pyridine rings is 1. The predicted molar refractivity (Wildman–Crippen MR) is 113 cm³/mol. The van der Waals surface area contributed by atoms with Crippen LogP contribution in [0.5, 0.6) is 0 Å². The zero-order valence-electron chi connectivity index (χ0n) is 16.9. The van der Waals surface area contributed by atoms with Crippen molar-refractivity contribution in [1.82, 2.24) is 9.88 Å². The number of aromatic amines is 1. The van der Waals surface area contributed by atoms with Crippen LogP contribution in [0, 0.1) is 28.8 Å². The van der Waals surface area contributed by atoms with Gasteiger partial charge in [0.15, 0.2) is 21.5 Å². The lowest BCUT2D eigenvalue weighted by atomic mass is 9.97. The first-order valence-electron chi connectivity index (χ1n) is 9.48. The van der Waals surface area contributed by atoms with Gasteiger partial charge < -0.3 is 15.2 Å². The maximum Gasteiger partial charge on any atom is 0.322 e. The molecule has 8 nitrogen and oxygen atoms in total. The molecule has 0 unspecified atom stereocenters. The van der Waals surface area contributed by atoms with E-state index in [1.165, 1.54) is 13.1 Å². The van der Waals surface area contributed by atoms with Crippen LogP contribution in [0.1, 0.15) is 22.9 Å². The van der Waals surface area contributed by atoms with Gasteiger partial charge in [-0.05, 0) is 35.7 Å². The lowest BCUT2D eigenvalue weighted by molar-refractivity contribution is 0.208. The largest absolute Gasteiger partial charge is 0.324 e. The molecule has 1 aliphatic heterocycles. The molecule has 3 aromatic rings. The van der Waals surface area contributed by atoms with Crippen LogP contribution < -0.4 is 10.9 Å². The van der Waals surface area contributed by atoms with Crippen molar-refractivity contribution < 1.29 is 26.4 Å². The monoisotopic (exact) mass is 476 g/mol. The number of hydrogen-bond acceptors (Lipinski definition) is 5. The topological polar surface area (TPSA) is 123 Å². The van der Waals surface area contributed by atoms with Crippen molar-refractivity contribution in [1.29, 1.82) is 5.26 Å². The Hall–Kier alpha value is -3.85. The Kier molecular flexibility index (Phi) is 5.37. The van der Waals surface area contributed by atoms with Gasteiger partial charge in [0.05, 0.1) is 28.5 Å². The standard InChI is InChI=1S/C21H15F3N4O4S/c1-28(21(30)26-11-2-3-14(22)10(4-11)7-25)18-9-33(31,32)8-17-19(18)12-5-15(23)16(24)6-13(12)20(29)27-17/h2-6,18H,8-9H2,1H3,(H,26,30)(H,27,29)/t18-/m1/s1. The van der Waals surface area contributed by atoms with Gasteiger partial charge in [0.2, 0.25) is 0 Å². The summed E-state index contributed by atoms with van der Waals surface area (Å²) in [6.07, 6.45) is 0. The molecule has 4 rings (SSSR count). The molecule has 0 saturated heterocycles. The van der Waals surface area contributed by atoms with E-state index in [1.54, 1.807) is 6.07 Å². The lowest BCUT2D eigenvalue weighted by Crippen LogP contribution is -2.41. The SMILES string of the molecule is CN(C(=O)Nc1ccc(F)c(C#N)c1)[C@@H]1CS(=O)(=O)Cc2[nH]c(=O)c3cc(F)c(F)cc3c21. The number of sulfone groups is 1. The van der Waals surface area contributed by atoms with Crippen molar-refractivity contribution in [3.8, 4) is 6.07 Å². The average molecular weight is 476 g/mol. The summed E-state index contributed by atoms with van der Waals surface area (Å²) in [5.74, 6) is -4.33. The van der Waals surface area contributed by atoms with Crippen molar-refractivity contribution >= 4 is 32.3 Å². The molecule has 0 spiro atoms. The molecule has 1 aromatic heterocycles. The Labute approximate surface area is 185 Å². The highest BCUT2D eigenvalue weighted by atomic mass is 32.2. The second kappa shape index (κ2) is 7.93. The molecule has 0 saturated carbocycles. The molecule has 2 amide bonds. The minimum absolute atomic E-state index is 0.0132. The average Bonchev–Trinajstić information content (AvgIpc) is 2.74. The van der Waals surface area contributed by atoms with Crippen LogP contribution in [0.25, 0.3) is 10.8 Å². The van der Waals surface area contributed by atoms with E-state index in [0.29, 0.717) is 6.07 Å². The van der Waals surface area contributed by atoms with Gasteiger partial charge in [0.25, 0.3) is 5.56 Å². The summed E-state index contributed by atoms with van der Waals surface area (Å²) in [6.45, 7) is 0. The maximum atomic E-state index is 14.0. The molecule has 1 aliphatic rings. The van der Waals surface area contributed by atoms with Gasteiger partial charge in [0.1, 0.15) is 11.9 Å². The van der Waals surface area contributed by atoms with Gasteiger partial charge in [-0.25, -0.2) is 26.4 Å². The number of nitriles is 1. The van der Waals surface area contributed by atoms with Crippen molar-refractivity contribution in [3.05, 3.63) is 75.0 Å². The maximum absolute atomic E-state index is 14.0. The fraction of sp³-hybridized carbons (Fsp3) is 0.190. The van der Waals surface area contributed by atoms with Gasteiger partial charge in [-0.2, -0.15) is 5.26 Å². The van der Waals surface area contributed by atoms with Gasteiger partial charge in [0, 0.05) is 24.0 Å². The Morgan fingerprint density at radius 1 is 1.15 bits per heavy atom. The third kappa shape index (κ3) is 4.03. The highest BCUT2D eigenvalue weighted by molar-refractivity contribution is 7.90. The van der Waals surface area contributed by atoms with Crippen LogP contribution in [0.3, 0.4) is 0 Å². The molecule has 2 heterocycles. The summed E-state index contributed by atoms with van der Waals surface area (Å²) in [5, 5.41) is 11.2. The van der Waals surface area contributed by atoms with Crippen molar-refractivity contribution in [3.63, 3.8) is 0 Å². The molecule has 0 bridgehead atoms. The van der Waals surface area contributed by atoms with E-state index >= 15 is 0 Å². The van der Waals surface area contributed by atoms with E-state index in [4.69, 9.17) is 5.26 Å². The first-order chi connectivity index (χ1) is 15.5. The predicted octanol–water partition coefficient (Wildman–Crippen LogP) is 2.95. The van der Waals surface area contributed by atoms with Gasteiger partial charge in [-0.3, -0.25) is 4.79 Å². The minimum Gasteiger partial charge on any atom is -0.324 e. The van der Waals surface area contributed by atoms with Crippen LogP contribution in [-0.2, 0) is 15.6 Å². The number of aromatic nitrogens is 1. The smallest absolute Gasteiger partial charge is 0.322 e. The first-order valence-corrected chi connectivity index (χ1v) is 11.3. The summed E-state index contributed by atoms with van der Waals surface area (Å²) in [5.41, 5.74) is -0.859. The van der Waals surface area contributed by atoms with E-state index in [1.807, 2.05) is 0 Å². The summed E-state index contributed by atoms with van der Waals surface area (Å²) in [4.78, 5) is 28.7. The van der Waals surface area contributed by atoms with Crippen molar-refractivity contribution in [2.24, 2.45) is 0 Å². The minimum atomic E-state index is -3.77. The Morgan fingerprint density at radius 3 is 2.48 bits per heavy atom. The Morgan fingerprint density at radius 2 is 1.82 bits per heavy atom. The third-order valence-electron chi connectivity index (χ3n) is 5.42. The summed E-state index contributed by atoms with van der Waals surface area (Å²) < 4.78 is 66.3. The summed E-state index contributed by atoms with van der Waals surface area (Å²) in [7, 11) is -2.48. The van der Waals surface area contributed by atoms with E-state index in [2.05, 4.69) is 10.3 Å². The van der Waals surface area contributed by atoms with Crippen molar-refractivity contribution in [2.45, 2.75) is 11.8 Å². The highest BCUT2D eigenvalue weighted by Gasteiger charge is 2.37. The van der Waals surface area contributed by atoms with Crippen LogP contribution in [0.4, 0.5) is 23.7 Å². The number of nitrogens with one attached hydrogen (secondary N) is 2. The summed E-state index contributed by atoms with van der Waals surface area (Å²) >= 11 is 0. The van der Waals surface area contributed by atoms with Crippen LogP contribution in [0.15, 0.2) is 35.1 Å². The normalized spacial score (nSPS) is 16.6. The molecule has 12 heteroatoms. The number of halogens is 3. The molecule has 0 fully saturated rings. The van der Waals surface area contributed by atoms with E-state index in [0.717, 1.165) is 23.1 Å². The quantitative estimate of drug-likeness (QED) is 0.589. The fourth-order valence-electron chi connectivity index (χ4n) is 3.84. The van der Waals surface area contributed by atoms with Gasteiger partial charge >= 0.3 is 6.03 Å². The number of fused-ring (bicyclic) bond motifs is 3. The van der Waals surface area contributed by atoms with Crippen molar-refractivity contribution in [2.75, 3.05) is 18.1 Å². The molecule has 1 atom stereocenters. The number of rotatable bonds is 2. The molecule has 0 radical (unpaired) electrons. The van der Waals surface area contributed by atoms with Crippen LogP contribution >= 0.6 is 0 Å². The number of amides is 2. The number of carbonyl (C=O) groups excluding carboxylic acids is 1. The molecule has 170 valence electrons. The van der Waals surface area contributed by atoms with E-state index in [-0.39, 0.29) is 33.3 Å². The first kappa shape index (κ1) is 22.3. The van der Waals surface area contributed by atoms with E-state index in [9.17, 15) is 31.2 Å². The van der Waals surface area contributed by atoms with Crippen LogP contribution in [-0.4, -0.2) is 37.1 Å². The number of H-pyrrole nitrogens is 1. The zero-order chi connectivity index (χ0) is 24.1. The Balaban J connectivity index is 1.80. The van der Waals surface area contributed by atoms with Crippen LogP contribution in [0.2, 0.25) is 0 Å². The number of urea groups is 1. The molecule has 33 heavy (non-hydrogen) atoms. The highest BCUT2D eigenvalue weighted by Crippen LogP contribution is 2.36. The summed E-state index contributed by atoms with van der Waals surface area (Å²) in [6, 6.07) is 4.52. The number of carbonyl (C=O) groups is 1. The second-order valence-electron chi connectivity index (χ2n) is 7.58. The van der Waals surface area contributed by atoms with Gasteiger partial charge in [-0.1, -0.05) is 0 Å². The third-order valence-corrected chi connectivity index (χ3v) is 6.97. The van der Waals surface area contributed by atoms with E-state index < -0.39 is 56.4 Å². The molecular formula is C21H15F3N4O4S. The fourth-order valence-corrected chi connectivity index (χ4v) is 5.49. The van der Waals surface area contributed by atoms with Gasteiger partial charge in [-0.15, -0.1) is 0 Å². The molecular weight excluding hydrogens is 461 g/mol. The molecule has 2 N–H and O–H groups in total. The molecule has 0 aliphatic carbocycles. The number of nitrogens with zero attached hydrogens (tertiary/aromatic N) is 2. The Bertz CT molecular complexity index is 1530. The molecule has 2 aromatic carbocycles. The lowest BCUT2D eigenvalue weighted by Gasteiger charge is -2.33. The number of hydrogen-bond donors (Lipinski definition) is 2.